The van der Waals surface area contributed by atoms with E-state index in [2.05, 4.69) is 52.9 Å². The van der Waals surface area contributed by atoms with Crippen LogP contribution in [0, 0.1) is 0 Å². The van der Waals surface area contributed by atoms with Crippen LogP contribution >= 0.6 is 0 Å². The van der Waals surface area contributed by atoms with Gasteiger partial charge in [0.05, 0.1) is 7.11 Å². The second kappa shape index (κ2) is 5.18. The fourth-order valence-corrected chi connectivity index (χ4v) is 3.75. The first-order valence-electron chi connectivity index (χ1n) is 7.73. The Hall–Kier alpha value is -2.26. The summed E-state index contributed by atoms with van der Waals surface area (Å²) in [6, 6.07) is 15.5. The Labute approximate surface area is 130 Å². The third-order valence-corrected chi connectivity index (χ3v) is 4.86. The molecule has 0 amide bonds. The van der Waals surface area contributed by atoms with Crippen molar-refractivity contribution in [3.63, 3.8) is 0 Å². The number of hydrogen-bond donors (Lipinski definition) is 2. The fraction of sp³-hybridized carbons (Fsp3) is 0.263. The summed E-state index contributed by atoms with van der Waals surface area (Å²) in [6.07, 6.45) is 3.26. The van der Waals surface area contributed by atoms with Crippen molar-refractivity contribution >= 4 is 10.9 Å². The smallest absolute Gasteiger partial charge is 0.120 e. The molecule has 0 saturated heterocycles. The van der Waals surface area contributed by atoms with Gasteiger partial charge < -0.3 is 15.0 Å². The van der Waals surface area contributed by atoms with E-state index in [1.54, 1.807) is 7.11 Å². The standard InChI is InChI=1S/C19H20N2O/c1-20-18-10-16(13-5-3-4-6-14(13)18)17-11-21-19-9-12(22-2)7-8-15(17)19/h3-9,11,16,18,20-21H,10H2,1-2H3/t16-,18-/m1/s1. The number of nitrogens with one attached hydrogen (secondary N) is 2. The number of rotatable bonds is 3. The minimum Gasteiger partial charge on any atom is -0.497 e. The highest BCUT2D eigenvalue weighted by Crippen LogP contribution is 2.45. The average molecular weight is 292 g/mol. The molecule has 2 atom stereocenters. The molecular weight excluding hydrogens is 272 g/mol. The topological polar surface area (TPSA) is 37.0 Å². The molecule has 0 bridgehead atoms. The second-order valence-electron chi connectivity index (χ2n) is 5.91. The Bertz CT molecular complexity index is 821. The van der Waals surface area contributed by atoms with Crippen molar-refractivity contribution in [2.24, 2.45) is 0 Å². The molecule has 22 heavy (non-hydrogen) atoms. The van der Waals surface area contributed by atoms with Gasteiger partial charge in [-0.1, -0.05) is 24.3 Å². The van der Waals surface area contributed by atoms with Crippen LogP contribution in [0.25, 0.3) is 10.9 Å². The lowest BCUT2D eigenvalue weighted by atomic mass is 9.92. The van der Waals surface area contributed by atoms with Crippen LogP contribution in [0.4, 0.5) is 0 Å². The molecule has 2 N–H and O–H groups in total. The van der Waals surface area contributed by atoms with E-state index >= 15 is 0 Å². The van der Waals surface area contributed by atoms with E-state index in [0.29, 0.717) is 12.0 Å². The molecule has 0 unspecified atom stereocenters. The van der Waals surface area contributed by atoms with E-state index in [1.807, 2.05) is 13.1 Å². The van der Waals surface area contributed by atoms with Crippen LogP contribution in [0.3, 0.4) is 0 Å². The Kier molecular flexibility index (Phi) is 3.16. The Morgan fingerprint density at radius 2 is 1.91 bits per heavy atom. The molecule has 0 fully saturated rings. The minimum absolute atomic E-state index is 0.435. The minimum atomic E-state index is 0.435. The Balaban J connectivity index is 1.83. The number of hydrogen-bond acceptors (Lipinski definition) is 2. The number of fused-ring (bicyclic) bond motifs is 2. The number of methoxy groups -OCH3 is 1. The molecule has 1 aromatic heterocycles. The van der Waals surface area contributed by atoms with Gasteiger partial charge in [-0.2, -0.15) is 0 Å². The van der Waals surface area contributed by atoms with Gasteiger partial charge >= 0.3 is 0 Å². The lowest BCUT2D eigenvalue weighted by molar-refractivity contribution is 0.415. The normalized spacial score (nSPS) is 20.3. The van der Waals surface area contributed by atoms with Crippen molar-refractivity contribution in [3.05, 3.63) is 65.4 Å². The monoisotopic (exact) mass is 292 g/mol. The molecule has 3 aromatic rings. The highest BCUT2D eigenvalue weighted by Gasteiger charge is 2.31. The summed E-state index contributed by atoms with van der Waals surface area (Å²) >= 11 is 0. The van der Waals surface area contributed by atoms with Crippen LogP contribution in [-0.4, -0.2) is 19.1 Å². The molecule has 1 heterocycles. The van der Waals surface area contributed by atoms with Crippen LogP contribution in [0.2, 0.25) is 0 Å². The summed E-state index contributed by atoms with van der Waals surface area (Å²) in [4.78, 5) is 3.40. The lowest BCUT2D eigenvalue weighted by Gasteiger charge is -2.11. The van der Waals surface area contributed by atoms with Crippen LogP contribution in [0.15, 0.2) is 48.7 Å². The first kappa shape index (κ1) is 13.4. The molecule has 1 aliphatic carbocycles. The van der Waals surface area contributed by atoms with E-state index in [0.717, 1.165) is 17.7 Å². The number of H-pyrrole nitrogens is 1. The predicted molar refractivity (Wildman–Crippen MR) is 89.6 cm³/mol. The molecule has 2 aromatic carbocycles. The summed E-state index contributed by atoms with van der Waals surface area (Å²) in [5, 5.41) is 4.74. The highest BCUT2D eigenvalue weighted by atomic mass is 16.5. The molecule has 0 spiro atoms. The summed E-state index contributed by atoms with van der Waals surface area (Å²) in [6.45, 7) is 0. The van der Waals surface area contributed by atoms with Gasteiger partial charge in [-0.15, -0.1) is 0 Å². The molecule has 112 valence electrons. The van der Waals surface area contributed by atoms with Gasteiger partial charge in [0.2, 0.25) is 0 Å². The van der Waals surface area contributed by atoms with Crippen LogP contribution in [0.1, 0.15) is 35.1 Å². The Morgan fingerprint density at radius 3 is 2.68 bits per heavy atom. The van der Waals surface area contributed by atoms with E-state index < -0.39 is 0 Å². The maximum absolute atomic E-state index is 5.32. The maximum Gasteiger partial charge on any atom is 0.120 e. The first-order valence-corrected chi connectivity index (χ1v) is 7.73. The van der Waals surface area contributed by atoms with Crippen molar-refractivity contribution in [2.45, 2.75) is 18.4 Å². The number of benzene rings is 2. The van der Waals surface area contributed by atoms with Crippen LogP contribution in [-0.2, 0) is 0 Å². The van der Waals surface area contributed by atoms with Gasteiger partial charge in [0, 0.05) is 35.1 Å². The lowest BCUT2D eigenvalue weighted by Crippen LogP contribution is -2.13. The van der Waals surface area contributed by atoms with Crippen molar-refractivity contribution in [3.8, 4) is 5.75 Å². The van der Waals surface area contributed by atoms with E-state index in [1.165, 1.54) is 22.1 Å². The van der Waals surface area contributed by atoms with Gasteiger partial charge in [-0.3, -0.25) is 0 Å². The van der Waals surface area contributed by atoms with Crippen LogP contribution in [0.5, 0.6) is 5.75 Å². The number of aromatic nitrogens is 1. The van der Waals surface area contributed by atoms with Gasteiger partial charge in [0.25, 0.3) is 0 Å². The predicted octanol–water partition coefficient (Wildman–Crippen LogP) is 3.97. The summed E-state index contributed by atoms with van der Waals surface area (Å²) in [7, 11) is 3.75. The van der Waals surface area contributed by atoms with Gasteiger partial charge in [0.15, 0.2) is 0 Å². The van der Waals surface area contributed by atoms with E-state index in [4.69, 9.17) is 4.74 Å². The molecule has 0 radical (unpaired) electrons. The fourth-order valence-electron chi connectivity index (χ4n) is 3.75. The van der Waals surface area contributed by atoms with E-state index in [-0.39, 0.29) is 0 Å². The van der Waals surface area contributed by atoms with Gasteiger partial charge in [-0.05, 0) is 42.3 Å². The molecule has 0 saturated carbocycles. The van der Waals surface area contributed by atoms with Crippen LogP contribution < -0.4 is 10.1 Å². The SMILES string of the molecule is CN[C@@H]1C[C@@H](c2c[nH]c3cc(OC)ccc23)c2ccccc21. The van der Waals surface area contributed by atoms with Gasteiger partial charge in [0.1, 0.15) is 5.75 Å². The first-order chi connectivity index (χ1) is 10.8. The molecule has 3 heteroatoms. The molecule has 0 aliphatic heterocycles. The molecular formula is C19H20N2O. The van der Waals surface area contributed by atoms with E-state index in [9.17, 15) is 0 Å². The molecule has 4 rings (SSSR count). The van der Waals surface area contributed by atoms with Gasteiger partial charge in [-0.25, -0.2) is 0 Å². The van der Waals surface area contributed by atoms with Crippen molar-refractivity contribution < 1.29 is 4.74 Å². The summed E-state index contributed by atoms with van der Waals surface area (Å²) < 4.78 is 5.32. The van der Waals surface area contributed by atoms with Crippen molar-refractivity contribution in [2.75, 3.05) is 14.2 Å². The molecule has 3 nitrogen and oxygen atoms in total. The zero-order valence-electron chi connectivity index (χ0n) is 12.9. The molecule has 1 aliphatic rings. The largest absolute Gasteiger partial charge is 0.497 e. The zero-order chi connectivity index (χ0) is 15.1. The third-order valence-electron chi connectivity index (χ3n) is 4.86. The van der Waals surface area contributed by atoms with Crippen molar-refractivity contribution in [1.29, 1.82) is 0 Å². The summed E-state index contributed by atoms with van der Waals surface area (Å²) in [5.41, 5.74) is 5.39. The number of ether oxygens (including phenoxy) is 1. The third kappa shape index (κ3) is 1.93. The highest BCUT2D eigenvalue weighted by molar-refractivity contribution is 5.85. The second-order valence-corrected chi connectivity index (χ2v) is 5.91. The average Bonchev–Trinajstić information content (AvgIpc) is 3.14. The quantitative estimate of drug-likeness (QED) is 0.766. The zero-order valence-corrected chi connectivity index (χ0v) is 12.9. The van der Waals surface area contributed by atoms with Crippen molar-refractivity contribution in [1.82, 2.24) is 10.3 Å². The number of aromatic amines is 1. The summed E-state index contributed by atoms with van der Waals surface area (Å²) in [5.74, 6) is 1.33. The maximum atomic E-state index is 5.32. The Morgan fingerprint density at radius 1 is 1.09 bits per heavy atom.